The van der Waals surface area contributed by atoms with E-state index in [-0.39, 0.29) is 18.0 Å². The number of nitrogens with zero attached hydrogens (tertiary/aromatic N) is 3. The third kappa shape index (κ3) is 5.80. The molecule has 1 amide bonds. The minimum Gasteiger partial charge on any atom is -0.467 e. The molecule has 0 saturated heterocycles. The zero-order chi connectivity index (χ0) is 15.8. The third-order valence-corrected chi connectivity index (χ3v) is 2.50. The summed E-state index contributed by atoms with van der Waals surface area (Å²) in [5, 5.41) is 8.83. The Hall–Kier alpha value is -2.12. The van der Waals surface area contributed by atoms with Gasteiger partial charge in [0.25, 0.3) is 0 Å². The molecule has 1 heterocycles. The van der Waals surface area contributed by atoms with Gasteiger partial charge in [0, 0.05) is 12.6 Å². The summed E-state index contributed by atoms with van der Waals surface area (Å²) in [4.78, 5) is 24.3. The van der Waals surface area contributed by atoms with Crippen molar-refractivity contribution in [2.24, 2.45) is 0 Å². The molecule has 0 saturated carbocycles. The molecule has 1 aromatic heterocycles. The standard InChI is InChI=1S/C13H24N6O2/c1-6-7-14-11-17-12(19-13(18-11)21-5)16-9(4)10(20)15-8(2)3/h8-9H,6-7H2,1-5H3,(H,15,20)(H2,14,16,17,18,19). The molecule has 1 atom stereocenters. The van der Waals surface area contributed by atoms with Crippen molar-refractivity contribution in [3.63, 3.8) is 0 Å². The van der Waals surface area contributed by atoms with E-state index in [0.29, 0.717) is 11.9 Å². The highest BCUT2D eigenvalue weighted by Crippen LogP contribution is 2.11. The van der Waals surface area contributed by atoms with Crippen molar-refractivity contribution in [1.29, 1.82) is 0 Å². The number of carbonyl (C=O) groups excluding carboxylic acids is 1. The highest BCUT2D eigenvalue weighted by molar-refractivity contribution is 5.83. The van der Waals surface area contributed by atoms with E-state index < -0.39 is 6.04 Å². The topological polar surface area (TPSA) is 101 Å². The summed E-state index contributed by atoms with van der Waals surface area (Å²) >= 11 is 0. The van der Waals surface area contributed by atoms with E-state index in [2.05, 4.69) is 30.9 Å². The minimum atomic E-state index is -0.460. The number of ether oxygens (including phenoxy) is 1. The second kappa shape index (κ2) is 8.23. The van der Waals surface area contributed by atoms with Gasteiger partial charge in [-0.15, -0.1) is 0 Å². The molecule has 0 aliphatic heterocycles. The van der Waals surface area contributed by atoms with E-state index >= 15 is 0 Å². The summed E-state index contributed by atoms with van der Waals surface area (Å²) in [6.07, 6.45) is 0.948. The van der Waals surface area contributed by atoms with Gasteiger partial charge in [-0.05, 0) is 27.2 Å². The summed E-state index contributed by atoms with van der Waals surface area (Å²) in [5.41, 5.74) is 0. The molecule has 1 unspecified atom stereocenters. The van der Waals surface area contributed by atoms with Crippen molar-refractivity contribution in [1.82, 2.24) is 20.3 Å². The lowest BCUT2D eigenvalue weighted by Crippen LogP contribution is -2.41. The van der Waals surface area contributed by atoms with Crippen LogP contribution in [-0.4, -0.2) is 46.6 Å². The molecule has 3 N–H and O–H groups in total. The Kier molecular flexibility index (Phi) is 6.64. The molecule has 1 aromatic rings. The Balaban J connectivity index is 2.78. The van der Waals surface area contributed by atoms with Gasteiger partial charge in [-0.2, -0.15) is 15.0 Å². The Morgan fingerprint density at radius 3 is 2.43 bits per heavy atom. The van der Waals surface area contributed by atoms with Crippen LogP contribution >= 0.6 is 0 Å². The zero-order valence-electron chi connectivity index (χ0n) is 13.2. The van der Waals surface area contributed by atoms with Crippen molar-refractivity contribution in [3.8, 4) is 6.01 Å². The maximum absolute atomic E-state index is 11.9. The number of aromatic nitrogens is 3. The largest absolute Gasteiger partial charge is 0.467 e. The first-order chi connectivity index (χ1) is 9.96. The van der Waals surface area contributed by atoms with Crippen LogP contribution in [0.5, 0.6) is 6.01 Å². The van der Waals surface area contributed by atoms with Crippen LogP contribution in [0, 0.1) is 0 Å². The van der Waals surface area contributed by atoms with Crippen LogP contribution in [0.4, 0.5) is 11.9 Å². The number of hydrogen-bond acceptors (Lipinski definition) is 7. The number of methoxy groups -OCH3 is 1. The van der Waals surface area contributed by atoms with Crippen LogP contribution in [0.1, 0.15) is 34.1 Å². The Labute approximate surface area is 125 Å². The predicted molar refractivity (Wildman–Crippen MR) is 81.5 cm³/mol. The first-order valence-corrected chi connectivity index (χ1v) is 7.07. The molecule has 0 spiro atoms. The van der Waals surface area contributed by atoms with E-state index in [4.69, 9.17) is 4.74 Å². The van der Waals surface area contributed by atoms with Gasteiger partial charge in [0.2, 0.25) is 17.8 Å². The third-order valence-electron chi connectivity index (χ3n) is 2.50. The molecule has 1 rings (SSSR count). The summed E-state index contributed by atoms with van der Waals surface area (Å²) < 4.78 is 5.04. The van der Waals surface area contributed by atoms with E-state index in [0.717, 1.165) is 13.0 Å². The van der Waals surface area contributed by atoms with Crippen LogP contribution < -0.4 is 20.7 Å². The van der Waals surface area contributed by atoms with Crippen molar-refractivity contribution >= 4 is 17.8 Å². The lowest BCUT2D eigenvalue weighted by molar-refractivity contribution is -0.122. The van der Waals surface area contributed by atoms with Gasteiger partial charge in [0.05, 0.1) is 7.11 Å². The Morgan fingerprint density at radius 2 is 1.86 bits per heavy atom. The first-order valence-electron chi connectivity index (χ1n) is 7.07. The molecular formula is C13H24N6O2. The number of rotatable bonds is 8. The van der Waals surface area contributed by atoms with E-state index in [9.17, 15) is 4.79 Å². The van der Waals surface area contributed by atoms with E-state index in [1.165, 1.54) is 7.11 Å². The van der Waals surface area contributed by atoms with E-state index in [1.807, 2.05) is 20.8 Å². The minimum absolute atomic E-state index is 0.0800. The molecule has 0 aromatic carbocycles. The lowest BCUT2D eigenvalue weighted by atomic mass is 10.3. The summed E-state index contributed by atoms with van der Waals surface area (Å²) in [6.45, 7) is 8.35. The van der Waals surface area contributed by atoms with Gasteiger partial charge >= 0.3 is 6.01 Å². The van der Waals surface area contributed by atoms with Crippen LogP contribution in [0.3, 0.4) is 0 Å². The molecular weight excluding hydrogens is 272 g/mol. The normalized spacial score (nSPS) is 11.9. The maximum atomic E-state index is 11.9. The second-order valence-electron chi connectivity index (χ2n) is 4.93. The van der Waals surface area contributed by atoms with Crippen LogP contribution in [0.2, 0.25) is 0 Å². The van der Waals surface area contributed by atoms with Gasteiger partial charge in [-0.3, -0.25) is 4.79 Å². The number of hydrogen-bond donors (Lipinski definition) is 3. The van der Waals surface area contributed by atoms with E-state index in [1.54, 1.807) is 6.92 Å². The molecule has 8 heteroatoms. The molecule has 0 bridgehead atoms. The number of anilines is 2. The molecule has 8 nitrogen and oxygen atoms in total. The fraction of sp³-hybridized carbons (Fsp3) is 0.692. The average molecular weight is 296 g/mol. The average Bonchev–Trinajstić information content (AvgIpc) is 2.44. The Bertz CT molecular complexity index is 466. The van der Waals surface area contributed by atoms with Gasteiger partial charge in [0.1, 0.15) is 6.04 Å². The van der Waals surface area contributed by atoms with Crippen molar-refractivity contribution in [2.45, 2.75) is 46.2 Å². The maximum Gasteiger partial charge on any atom is 0.322 e. The fourth-order valence-electron chi connectivity index (χ4n) is 1.50. The number of amides is 1. The smallest absolute Gasteiger partial charge is 0.322 e. The SMILES string of the molecule is CCCNc1nc(NC(C)C(=O)NC(C)C)nc(OC)n1. The predicted octanol–water partition coefficient (Wildman–Crippen LogP) is 1.03. The van der Waals surface area contributed by atoms with Gasteiger partial charge in [0.15, 0.2) is 0 Å². The number of carbonyl (C=O) groups is 1. The van der Waals surface area contributed by atoms with Gasteiger partial charge in [-0.25, -0.2) is 0 Å². The molecule has 21 heavy (non-hydrogen) atoms. The van der Waals surface area contributed by atoms with Gasteiger partial charge in [-0.1, -0.05) is 6.92 Å². The Morgan fingerprint density at radius 1 is 1.19 bits per heavy atom. The summed E-state index contributed by atoms with van der Waals surface area (Å²) in [5.74, 6) is 0.599. The lowest BCUT2D eigenvalue weighted by Gasteiger charge is -2.16. The van der Waals surface area contributed by atoms with Crippen molar-refractivity contribution in [3.05, 3.63) is 0 Å². The molecule has 0 aliphatic carbocycles. The highest BCUT2D eigenvalue weighted by atomic mass is 16.5. The van der Waals surface area contributed by atoms with Crippen molar-refractivity contribution < 1.29 is 9.53 Å². The highest BCUT2D eigenvalue weighted by Gasteiger charge is 2.16. The fourth-order valence-corrected chi connectivity index (χ4v) is 1.50. The summed E-state index contributed by atoms with van der Waals surface area (Å²) in [7, 11) is 1.48. The molecule has 0 aliphatic rings. The van der Waals surface area contributed by atoms with Crippen LogP contribution in [0.15, 0.2) is 0 Å². The summed E-state index contributed by atoms with van der Waals surface area (Å²) in [6, 6.07) is -0.183. The van der Waals surface area contributed by atoms with Gasteiger partial charge < -0.3 is 20.7 Å². The van der Waals surface area contributed by atoms with Crippen LogP contribution in [-0.2, 0) is 4.79 Å². The van der Waals surface area contributed by atoms with Crippen LogP contribution in [0.25, 0.3) is 0 Å². The van der Waals surface area contributed by atoms with Crippen molar-refractivity contribution in [2.75, 3.05) is 24.3 Å². The first kappa shape index (κ1) is 16.9. The molecule has 0 fully saturated rings. The zero-order valence-corrected chi connectivity index (χ0v) is 13.2. The quantitative estimate of drug-likeness (QED) is 0.658. The second-order valence-corrected chi connectivity index (χ2v) is 4.93. The number of nitrogens with one attached hydrogen (secondary N) is 3. The molecule has 118 valence electrons. The molecule has 0 radical (unpaired) electrons. The monoisotopic (exact) mass is 296 g/mol.